The van der Waals surface area contributed by atoms with Gasteiger partial charge in [-0.2, -0.15) is 0 Å². The Hall–Kier alpha value is -1.74. The summed E-state index contributed by atoms with van der Waals surface area (Å²) in [5.41, 5.74) is 4.39. The van der Waals surface area contributed by atoms with Crippen LogP contribution in [0.5, 0.6) is 11.5 Å². The highest BCUT2D eigenvalue weighted by molar-refractivity contribution is 5.67. The van der Waals surface area contributed by atoms with Gasteiger partial charge >= 0.3 is 0 Å². The summed E-state index contributed by atoms with van der Waals surface area (Å²) in [4.78, 5) is 0. The van der Waals surface area contributed by atoms with Crippen molar-refractivity contribution in [3.8, 4) is 11.5 Å². The van der Waals surface area contributed by atoms with Gasteiger partial charge in [0.15, 0.2) is 11.5 Å². The average Bonchev–Trinajstić information content (AvgIpc) is 2.80. The van der Waals surface area contributed by atoms with Gasteiger partial charge in [-0.3, -0.25) is 0 Å². The van der Waals surface area contributed by atoms with E-state index in [1.165, 1.54) is 16.7 Å². The fourth-order valence-electron chi connectivity index (χ4n) is 4.63. The van der Waals surface area contributed by atoms with Gasteiger partial charge in [-0.25, -0.2) is 0 Å². The molecule has 2 bridgehead atoms. The van der Waals surface area contributed by atoms with Gasteiger partial charge in [-0.1, -0.05) is 18.2 Å². The Morgan fingerprint density at radius 1 is 1.40 bits per heavy atom. The molecule has 2 aliphatic carbocycles. The summed E-state index contributed by atoms with van der Waals surface area (Å²) >= 11 is 0. The van der Waals surface area contributed by atoms with Crippen molar-refractivity contribution in [1.82, 2.24) is 5.32 Å². The molecule has 1 N–H and O–H groups in total. The summed E-state index contributed by atoms with van der Waals surface area (Å²) in [6, 6.07) is 4.74. The fourth-order valence-corrected chi connectivity index (χ4v) is 4.63. The van der Waals surface area contributed by atoms with E-state index in [0.717, 1.165) is 30.9 Å². The smallest absolute Gasteiger partial charge is 0.166 e. The van der Waals surface area contributed by atoms with Crippen LogP contribution in [-0.4, -0.2) is 25.8 Å². The maximum Gasteiger partial charge on any atom is 0.166 e. The molecular formula is C17H17NO2. The molecule has 3 nitrogen and oxygen atoms in total. The van der Waals surface area contributed by atoms with Crippen LogP contribution in [0.2, 0.25) is 0 Å². The molecule has 0 aromatic heterocycles. The highest BCUT2D eigenvalue weighted by atomic mass is 16.5. The van der Waals surface area contributed by atoms with Gasteiger partial charge in [0.1, 0.15) is 6.10 Å². The van der Waals surface area contributed by atoms with E-state index in [4.69, 9.17) is 9.47 Å². The first-order valence-corrected chi connectivity index (χ1v) is 7.34. The molecule has 4 aliphatic rings. The van der Waals surface area contributed by atoms with Gasteiger partial charge in [0, 0.05) is 11.6 Å². The number of ether oxygens (including phenoxy) is 2. The summed E-state index contributed by atoms with van der Waals surface area (Å²) in [5, 5.41) is 3.67. The molecular weight excluding hydrogens is 250 g/mol. The molecule has 5 rings (SSSR count). The Morgan fingerprint density at radius 3 is 3.25 bits per heavy atom. The predicted molar refractivity (Wildman–Crippen MR) is 76.4 cm³/mol. The molecule has 20 heavy (non-hydrogen) atoms. The predicted octanol–water partition coefficient (Wildman–Crippen LogP) is 2.11. The number of methoxy groups -OCH3 is 1. The number of benzene rings is 1. The Morgan fingerprint density at radius 2 is 2.35 bits per heavy atom. The number of hydrogen-bond acceptors (Lipinski definition) is 3. The second-order valence-corrected chi connectivity index (χ2v) is 6.11. The molecule has 102 valence electrons. The maximum absolute atomic E-state index is 6.32. The Bertz CT molecular complexity index is 676. The molecule has 1 spiro atoms. The summed E-state index contributed by atoms with van der Waals surface area (Å²) in [5.74, 6) is 1.85. The largest absolute Gasteiger partial charge is 0.493 e. The third-order valence-corrected chi connectivity index (χ3v) is 5.39. The molecule has 2 heterocycles. The number of piperidine rings is 1. The van der Waals surface area contributed by atoms with Crippen molar-refractivity contribution >= 4 is 0 Å². The second-order valence-electron chi connectivity index (χ2n) is 6.11. The third-order valence-electron chi connectivity index (χ3n) is 5.39. The molecule has 0 amide bonds. The maximum atomic E-state index is 6.32. The van der Waals surface area contributed by atoms with E-state index in [0.29, 0.717) is 6.04 Å². The van der Waals surface area contributed by atoms with Crippen molar-refractivity contribution in [3.05, 3.63) is 47.1 Å². The van der Waals surface area contributed by atoms with E-state index >= 15 is 0 Å². The lowest BCUT2D eigenvalue weighted by atomic mass is 9.58. The van der Waals surface area contributed by atoms with Crippen LogP contribution in [0.1, 0.15) is 17.5 Å². The van der Waals surface area contributed by atoms with E-state index in [1.807, 2.05) is 0 Å². The summed E-state index contributed by atoms with van der Waals surface area (Å²) in [6.07, 6.45) is 8.97. The molecule has 0 saturated carbocycles. The molecule has 3 atom stereocenters. The lowest BCUT2D eigenvalue weighted by Crippen LogP contribution is -2.57. The first-order chi connectivity index (χ1) is 9.84. The number of hydrogen-bond donors (Lipinski definition) is 1. The van der Waals surface area contributed by atoms with Crippen LogP contribution in [0.3, 0.4) is 0 Å². The minimum absolute atomic E-state index is 0.0577. The Kier molecular flexibility index (Phi) is 1.91. The van der Waals surface area contributed by atoms with Crippen molar-refractivity contribution in [1.29, 1.82) is 0 Å². The first-order valence-electron chi connectivity index (χ1n) is 7.34. The van der Waals surface area contributed by atoms with Gasteiger partial charge < -0.3 is 14.8 Å². The van der Waals surface area contributed by atoms with Crippen LogP contribution in [0.25, 0.3) is 0 Å². The monoisotopic (exact) mass is 267 g/mol. The van der Waals surface area contributed by atoms with Crippen LogP contribution < -0.4 is 14.8 Å². The number of nitrogens with one attached hydrogen (secondary N) is 1. The zero-order valence-electron chi connectivity index (χ0n) is 11.5. The van der Waals surface area contributed by atoms with Crippen LogP contribution in [0.15, 0.2) is 35.9 Å². The zero-order valence-corrected chi connectivity index (χ0v) is 11.5. The van der Waals surface area contributed by atoms with E-state index in [9.17, 15) is 0 Å². The van der Waals surface area contributed by atoms with E-state index in [-0.39, 0.29) is 11.5 Å². The minimum Gasteiger partial charge on any atom is -0.493 e. The highest BCUT2D eigenvalue weighted by Crippen LogP contribution is 2.60. The van der Waals surface area contributed by atoms with Gasteiger partial charge in [0.25, 0.3) is 0 Å². The Labute approximate surface area is 118 Å². The Balaban J connectivity index is 1.87. The molecule has 3 heteroatoms. The lowest BCUT2D eigenvalue weighted by molar-refractivity contribution is 0.173. The summed E-state index contributed by atoms with van der Waals surface area (Å²) in [7, 11) is 1.72. The highest BCUT2D eigenvalue weighted by Gasteiger charge is 2.58. The molecule has 2 aliphatic heterocycles. The number of allylic oxidation sites excluding steroid dienone is 2. The molecule has 1 saturated heterocycles. The average molecular weight is 267 g/mol. The topological polar surface area (TPSA) is 30.5 Å². The van der Waals surface area contributed by atoms with Crippen LogP contribution >= 0.6 is 0 Å². The minimum atomic E-state index is 0.0577. The summed E-state index contributed by atoms with van der Waals surface area (Å²) in [6.45, 7) is 1.06. The van der Waals surface area contributed by atoms with E-state index < -0.39 is 0 Å². The number of rotatable bonds is 1. The SMILES string of the molecule is COc1ccc2c3c1O[C@@H]1C=CC=C4C(C2)NCCC431. The second kappa shape index (κ2) is 3.47. The van der Waals surface area contributed by atoms with Gasteiger partial charge in [0.2, 0.25) is 0 Å². The third kappa shape index (κ3) is 1.04. The molecule has 1 aromatic carbocycles. The van der Waals surface area contributed by atoms with Crippen molar-refractivity contribution in [2.45, 2.75) is 30.4 Å². The van der Waals surface area contributed by atoms with Crippen LogP contribution in [0, 0.1) is 0 Å². The molecule has 1 fully saturated rings. The quantitative estimate of drug-likeness (QED) is 0.845. The van der Waals surface area contributed by atoms with E-state index in [2.05, 4.69) is 35.7 Å². The van der Waals surface area contributed by atoms with Crippen molar-refractivity contribution < 1.29 is 9.47 Å². The fraction of sp³-hybridized carbons (Fsp3) is 0.412. The van der Waals surface area contributed by atoms with Crippen molar-refractivity contribution in [2.75, 3.05) is 13.7 Å². The first kappa shape index (κ1) is 11.0. The van der Waals surface area contributed by atoms with Crippen molar-refractivity contribution in [2.24, 2.45) is 0 Å². The van der Waals surface area contributed by atoms with E-state index in [1.54, 1.807) is 7.11 Å². The van der Waals surface area contributed by atoms with Gasteiger partial charge in [-0.05, 0) is 42.7 Å². The van der Waals surface area contributed by atoms with Crippen LogP contribution in [-0.2, 0) is 11.8 Å². The standard InChI is InChI=1S/C17H17NO2/c1-19-13-6-5-10-9-12-11-3-2-4-14-17(11,7-8-18-12)15(10)16(13)20-14/h2-6,12,14,18H,7-9H2,1H3/t12?,14-,17?/m1/s1. The molecule has 0 radical (unpaired) electrons. The zero-order chi connectivity index (χ0) is 13.3. The van der Waals surface area contributed by atoms with Gasteiger partial charge in [0.05, 0.1) is 12.5 Å². The summed E-state index contributed by atoms with van der Waals surface area (Å²) < 4.78 is 11.8. The molecule has 2 unspecified atom stereocenters. The van der Waals surface area contributed by atoms with Crippen molar-refractivity contribution in [3.63, 3.8) is 0 Å². The van der Waals surface area contributed by atoms with Crippen LogP contribution in [0.4, 0.5) is 0 Å². The lowest BCUT2D eigenvalue weighted by Gasteiger charge is -2.49. The molecule has 1 aromatic rings. The normalized spacial score (nSPS) is 35.1. The van der Waals surface area contributed by atoms with Gasteiger partial charge in [-0.15, -0.1) is 0 Å².